The second-order valence-corrected chi connectivity index (χ2v) is 14.0. The van der Waals surface area contributed by atoms with E-state index < -0.39 is 17.8 Å². The molecule has 16 nitrogen and oxygen atoms in total. The Balaban J connectivity index is 0.000000270. The molecule has 7 N–H and O–H groups in total. The van der Waals surface area contributed by atoms with Crippen molar-refractivity contribution < 1.29 is 53.0 Å². The number of aliphatic hydroxyl groups is 1. The summed E-state index contributed by atoms with van der Waals surface area (Å²) in [6, 6.07) is 19.4. The number of hydrogen-bond donors (Lipinski definition) is 6. The molecule has 0 saturated heterocycles. The SMILES string of the molecule is COCC(C)Nc1cc(Nc2cc(OC)c(OC)c(OC)c2)ccc1C#N.COc1cc(C(C(=O)O)c2ccc(C(N)=O)c(NC3CCC(O)CC3)c2)cc(OC)c1OC. The second kappa shape index (κ2) is 22.0. The van der Waals surface area contributed by atoms with Crippen LogP contribution in [0.25, 0.3) is 0 Å². The number of hydrogen-bond acceptors (Lipinski definition) is 14. The first-order chi connectivity index (χ1) is 28.8. The van der Waals surface area contributed by atoms with Crippen LogP contribution < -0.4 is 50.1 Å². The van der Waals surface area contributed by atoms with Crippen molar-refractivity contribution in [2.75, 3.05) is 72.3 Å². The van der Waals surface area contributed by atoms with Gasteiger partial charge in [-0.05, 0) is 86.2 Å². The van der Waals surface area contributed by atoms with E-state index in [1.807, 2.05) is 31.2 Å². The quantitative estimate of drug-likeness (QED) is 0.0628. The molecule has 0 spiro atoms. The molecule has 1 fully saturated rings. The highest BCUT2D eigenvalue weighted by atomic mass is 16.5. The van der Waals surface area contributed by atoms with E-state index in [1.165, 1.54) is 27.4 Å². The van der Waals surface area contributed by atoms with Crippen LogP contribution in [0, 0.1) is 11.3 Å². The third kappa shape index (κ3) is 11.5. The molecule has 4 aromatic carbocycles. The number of nitrogens with one attached hydrogen (secondary N) is 3. The fourth-order valence-electron chi connectivity index (χ4n) is 6.98. The van der Waals surface area contributed by atoms with Crippen LogP contribution in [0.2, 0.25) is 0 Å². The van der Waals surface area contributed by atoms with Crippen LogP contribution in [0.4, 0.5) is 22.7 Å². The number of primary amides is 1. The number of carbonyl (C=O) groups excluding carboxylic acids is 1. The maximum atomic E-state index is 12.4. The molecular weight excluding hydrogens is 775 g/mol. The lowest BCUT2D eigenvalue weighted by molar-refractivity contribution is -0.137. The molecule has 60 heavy (non-hydrogen) atoms. The molecule has 4 aromatic rings. The minimum atomic E-state index is -1.08. The van der Waals surface area contributed by atoms with Crippen molar-refractivity contribution in [2.24, 2.45) is 5.73 Å². The molecule has 1 saturated carbocycles. The third-order valence-corrected chi connectivity index (χ3v) is 9.88. The summed E-state index contributed by atoms with van der Waals surface area (Å²) in [6.07, 6.45) is 2.47. The lowest BCUT2D eigenvalue weighted by Gasteiger charge is -2.28. The number of aliphatic carboxylic acids is 1. The molecule has 5 rings (SSSR count). The van der Waals surface area contributed by atoms with Crippen LogP contribution >= 0.6 is 0 Å². The summed E-state index contributed by atoms with van der Waals surface area (Å²) in [7, 11) is 10.7. The van der Waals surface area contributed by atoms with E-state index in [2.05, 4.69) is 22.0 Å². The predicted octanol–water partition coefficient (Wildman–Crippen LogP) is 6.52. The van der Waals surface area contributed by atoms with E-state index in [-0.39, 0.29) is 23.8 Å². The number of anilines is 4. The largest absolute Gasteiger partial charge is 0.493 e. The molecule has 322 valence electrons. The van der Waals surface area contributed by atoms with Gasteiger partial charge in [0.15, 0.2) is 23.0 Å². The number of aliphatic hydroxyl groups excluding tert-OH is 1. The van der Waals surface area contributed by atoms with Crippen LogP contribution in [-0.4, -0.2) is 96.7 Å². The Morgan fingerprint density at radius 3 is 1.80 bits per heavy atom. The fraction of sp³-hybridized carbons (Fsp3) is 0.386. The molecule has 1 amide bonds. The number of carbonyl (C=O) groups is 2. The highest BCUT2D eigenvalue weighted by Gasteiger charge is 2.28. The highest BCUT2D eigenvalue weighted by molar-refractivity contribution is 5.99. The maximum Gasteiger partial charge on any atom is 0.315 e. The normalized spacial score (nSPS) is 15.4. The van der Waals surface area contributed by atoms with Crippen LogP contribution in [0.3, 0.4) is 0 Å². The Hall–Kier alpha value is -6.57. The van der Waals surface area contributed by atoms with Gasteiger partial charge in [0.1, 0.15) is 12.0 Å². The standard InChI is InChI=1S/C24H30N2O7.C20H25N3O4/c1-31-19-11-14(12-20(32-2)22(19)33-3)21(24(29)30)13-4-9-17(23(25)28)18(10-13)26-15-5-7-16(27)8-6-15;1-13(12-24-2)22-17-8-15(7-6-14(17)11-21)23-16-9-18(25-3)20(27-5)19(10-16)26-4/h4,9-12,15-16,21,26-27H,5-8H2,1-3H3,(H2,25,28)(H,29,30);6-10,13,22-23H,12H2,1-5H3. The number of nitrogens with zero attached hydrogens (tertiary/aromatic N) is 1. The zero-order valence-corrected chi connectivity index (χ0v) is 35.2. The molecule has 0 heterocycles. The number of nitrogens with two attached hydrogens (primary N) is 1. The van der Waals surface area contributed by atoms with Crippen molar-refractivity contribution in [2.45, 2.75) is 56.7 Å². The molecule has 2 atom stereocenters. The van der Waals surface area contributed by atoms with Crippen molar-refractivity contribution in [3.8, 4) is 40.6 Å². The zero-order valence-electron chi connectivity index (χ0n) is 35.2. The van der Waals surface area contributed by atoms with E-state index in [4.69, 9.17) is 38.9 Å². The van der Waals surface area contributed by atoms with E-state index in [0.717, 1.165) is 29.9 Å². The molecule has 16 heteroatoms. The first-order valence-corrected chi connectivity index (χ1v) is 19.1. The number of nitriles is 1. The molecule has 0 bridgehead atoms. The fourth-order valence-corrected chi connectivity index (χ4v) is 6.98. The lowest BCUT2D eigenvalue weighted by Crippen LogP contribution is -2.29. The van der Waals surface area contributed by atoms with E-state index in [9.17, 15) is 25.1 Å². The summed E-state index contributed by atoms with van der Waals surface area (Å²) >= 11 is 0. The van der Waals surface area contributed by atoms with Crippen LogP contribution in [0.15, 0.2) is 60.7 Å². The number of amides is 1. The van der Waals surface area contributed by atoms with E-state index in [0.29, 0.717) is 76.3 Å². The molecule has 0 aliphatic heterocycles. The summed E-state index contributed by atoms with van der Waals surface area (Å²) in [5.41, 5.74) is 10.1. The number of benzene rings is 4. The Bertz CT molecular complexity index is 2080. The van der Waals surface area contributed by atoms with Gasteiger partial charge in [-0.3, -0.25) is 9.59 Å². The average molecular weight is 830 g/mol. The highest BCUT2D eigenvalue weighted by Crippen LogP contribution is 2.43. The Kier molecular flexibility index (Phi) is 16.9. The zero-order chi connectivity index (χ0) is 43.9. The first kappa shape index (κ1) is 46.1. The van der Waals surface area contributed by atoms with Crippen molar-refractivity contribution in [1.29, 1.82) is 5.26 Å². The van der Waals surface area contributed by atoms with Gasteiger partial charge in [0, 0.05) is 48.4 Å². The van der Waals surface area contributed by atoms with E-state index in [1.54, 1.807) is 58.8 Å². The van der Waals surface area contributed by atoms with Crippen LogP contribution in [-0.2, 0) is 9.53 Å². The second-order valence-electron chi connectivity index (χ2n) is 14.0. The van der Waals surface area contributed by atoms with E-state index >= 15 is 0 Å². The maximum absolute atomic E-state index is 12.4. The summed E-state index contributed by atoms with van der Waals surface area (Å²) < 4.78 is 37.3. The summed E-state index contributed by atoms with van der Waals surface area (Å²) in [5.74, 6) is -0.0752. The lowest BCUT2D eigenvalue weighted by atomic mass is 9.89. The van der Waals surface area contributed by atoms with Crippen molar-refractivity contribution in [3.63, 3.8) is 0 Å². The molecule has 2 unspecified atom stereocenters. The number of methoxy groups -OCH3 is 7. The smallest absolute Gasteiger partial charge is 0.315 e. The number of carboxylic acids is 1. The van der Waals surface area contributed by atoms with Crippen LogP contribution in [0.1, 0.15) is 65.6 Å². The minimum absolute atomic E-state index is 0.0474. The van der Waals surface area contributed by atoms with Gasteiger partial charge >= 0.3 is 5.97 Å². The molecular formula is C44H55N5O11. The van der Waals surface area contributed by atoms with Crippen molar-refractivity contribution in [3.05, 3.63) is 82.9 Å². The van der Waals surface area contributed by atoms with Gasteiger partial charge in [0.05, 0.1) is 72.2 Å². The number of ether oxygens (including phenoxy) is 7. The Labute approximate surface area is 350 Å². The van der Waals surface area contributed by atoms with Gasteiger partial charge < -0.3 is 65.1 Å². The Morgan fingerprint density at radius 2 is 1.32 bits per heavy atom. The minimum Gasteiger partial charge on any atom is -0.493 e. The Morgan fingerprint density at radius 1 is 0.750 bits per heavy atom. The van der Waals surface area contributed by atoms with Crippen molar-refractivity contribution >= 4 is 34.6 Å². The van der Waals surface area contributed by atoms with Gasteiger partial charge in [-0.2, -0.15) is 5.26 Å². The van der Waals surface area contributed by atoms with Gasteiger partial charge in [-0.1, -0.05) is 6.07 Å². The third-order valence-electron chi connectivity index (χ3n) is 9.88. The summed E-state index contributed by atoms with van der Waals surface area (Å²) in [4.78, 5) is 24.4. The van der Waals surface area contributed by atoms with Gasteiger partial charge in [0.25, 0.3) is 5.91 Å². The van der Waals surface area contributed by atoms with Gasteiger partial charge in [-0.15, -0.1) is 0 Å². The summed E-state index contributed by atoms with van der Waals surface area (Å²) in [5, 5.41) is 39.1. The molecule has 0 aromatic heterocycles. The monoisotopic (exact) mass is 829 g/mol. The van der Waals surface area contributed by atoms with Crippen molar-refractivity contribution in [1.82, 2.24) is 0 Å². The number of carboxylic acid groups (broad SMARTS) is 1. The molecule has 1 aliphatic carbocycles. The average Bonchev–Trinajstić information content (AvgIpc) is 3.24. The predicted molar refractivity (Wildman–Crippen MR) is 228 cm³/mol. The van der Waals surface area contributed by atoms with Gasteiger partial charge in [0.2, 0.25) is 11.5 Å². The first-order valence-electron chi connectivity index (χ1n) is 19.1. The molecule has 1 aliphatic rings. The summed E-state index contributed by atoms with van der Waals surface area (Å²) in [6.45, 7) is 2.53. The van der Waals surface area contributed by atoms with Crippen LogP contribution in [0.5, 0.6) is 34.5 Å². The topological polar surface area (TPSA) is 225 Å². The van der Waals surface area contributed by atoms with Gasteiger partial charge in [-0.25, -0.2) is 0 Å². The number of rotatable bonds is 18. The molecule has 0 radical (unpaired) electrons.